The molecule has 2 atom stereocenters. The molecule has 3 saturated carbocycles. The van der Waals surface area contributed by atoms with E-state index in [0.717, 1.165) is 11.8 Å². The predicted octanol–water partition coefficient (Wildman–Crippen LogP) is 1.49. The molecule has 13 heavy (non-hydrogen) atoms. The van der Waals surface area contributed by atoms with Gasteiger partial charge in [0.2, 0.25) is 0 Å². The first-order valence-corrected chi connectivity index (χ1v) is 5.62. The summed E-state index contributed by atoms with van der Waals surface area (Å²) < 4.78 is 0. The smallest absolute Gasteiger partial charge is 0.0281 e. The molecule has 2 heteroatoms. The molecule has 0 radical (unpaired) electrons. The molecule has 76 valence electrons. The van der Waals surface area contributed by atoms with E-state index in [0.29, 0.717) is 12.5 Å². The molecule has 0 aromatic rings. The van der Waals surface area contributed by atoms with Crippen LogP contribution < -0.4 is 11.5 Å². The topological polar surface area (TPSA) is 52.0 Å². The van der Waals surface area contributed by atoms with E-state index in [1.54, 1.807) is 0 Å². The van der Waals surface area contributed by atoms with Crippen molar-refractivity contribution in [1.82, 2.24) is 0 Å². The van der Waals surface area contributed by atoms with Gasteiger partial charge >= 0.3 is 0 Å². The fourth-order valence-corrected chi connectivity index (χ4v) is 3.34. The Kier molecular flexibility index (Phi) is 2.37. The first-order chi connectivity index (χ1) is 6.13. The minimum Gasteiger partial charge on any atom is -0.329 e. The first-order valence-electron chi connectivity index (χ1n) is 5.62. The average Bonchev–Trinajstić information content (AvgIpc) is 2.19. The molecular formula is C11H22N2. The summed E-state index contributed by atoms with van der Waals surface area (Å²) in [4.78, 5) is 0. The number of hydrogen-bond acceptors (Lipinski definition) is 2. The van der Waals surface area contributed by atoms with Gasteiger partial charge in [-0.2, -0.15) is 0 Å². The Hall–Kier alpha value is -0.0800. The van der Waals surface area contributed by atoms with Crippen molar-refractivity contribution in [1.29, 1.82) is 0 Å². The molecule has 0 saturated heterocycles. The molecule has 0 aromatic carbocycles. The van der Waals surface area contributed by atoms with Crippen molar-refractivity contribution in [2.24, 2.45) is 29.2 Å². The maximum absolute atomic E-state index is 6.25. The number of rotatable bonds is 2. The molecule has 0 aromatic heterocycles. The van der Waals surface area contributed by atoms with Crippen molar-refractivity contribution in [2.45, 2.75) is 44.6 Å². The zero-order valence-electron chi connectivity index (χ0n) is 8.63. The van der Waals surface area contributed by atoms with Gasteiger partial charge in [-0.15, -0.1) is 0 Å². The molecule has 2 bridgehead atoms. The quantitative estimate of drug-likeness (QED) is 0.680. The van der Waals surface area contributed by atoms with Gasteiger partial charge in [-0.25, -0.2) is 0 Å². The van der Waals surface area contributed by atoms with Gasteiger partial charge in [0.25, 0.3) is 0 Å². The monoisotopic (exact) mass is 182 g/mol. The van der Waals surface area contributed by atoms with Crippen LogP contribution in [0.5, 0.6) is 0 Å². The van der Waals surface area contributed by atoms with Crippen molar-refractivity contribution in [2.75, 3.05) is 6.54 Å². The molecule has 0 heterocycles. The van der Waals surface area contributed by atoms with Crippen LogP contribution in [-0.2, 0) is 0 Å². The van der Waals surface area contributed by atoms with Gasteiger partial charge in [0.1, 0.15) is 0 Å². The third-order valence-electron chi connectivity index (χ3n) is 4.33. The Morgan fingerprint density at radius 3 is 2.23 bits per heavy atom. The molecule has 2 nitrogen and oxygen atoms in total. The molecule has 3 fully saturated rings. The molecule has 0 spiro atoms. The van der Waals surface area contributed by atoms with Crippen LogP contribution in [0.3, 0.4) is 0 Å². The summed E-state index contributed by atoms with van der Waals surface area (Å²) in [5.74, 6) is 2.54. The lowest BCUT2D eigenvalue weighted by Gasteiger charge is -2.48. The molecule has 0 aliphatic heterocycles. The van der Waals surface area contributed by atoms with Crippen LogP contribution >= 0.6 is 0 Å². The van der Waals surface area contributed by atoms with Crippen LogP contribution in [0.1, 0.15) is 39.0 Å². The van der Waals surface area contributed by atoms with Gasteiger partial charge in [-0.05, 0) is 43.9 Å². The molecule has 3 aliphatic rings. The maximum Gasteiger partial charge on any atom is 0.0281 e. The largest absolute Gasteiger partial charge is 0.329 e. The standard InChI is InChI=1S/C11H22N2/c1-11(13,7-12)10-6-8-2-4-9(10)5-3-8/h8-10H,2-7,12-13H2,1H3. The number of fused-ring (bicyclic) bond motifs is 3. The fourth-order valence-electron chi connectivity index (χ4n) is 3.34. The molecule has 3 aliphatic carbocycles. The van der Waals surface area contributed by atoms with Crippen molar-refractivity contribution >= 4 is 0 Å². The summed E-state index contributed by atoms with van der Waals surface area (Å²) in [6.45, 7) is 2.78. The van der Waals surface area contributed by atoms with Crippen molar-refractivity contribution in [3.63, 3.8) is 0 Å². The Labute approximate surface area is 81.1 Å². The molecule has 3 rings (SSSR count). The SMILES string of the molecule is CC(N)(CN)C1CC2CCC1CC2. The van der Waals surface area contributed by atoms with Crippen LogP contribution in [0.15, 0.2) is 0 Å². The fraction of sp³-hybridized carbons (Fsp3) is 1.00. The minimum absolute atomic E-state index is 0.107. The lowest BCUT2D eigenvalue weighted by atomic mass is 9.59. The van der Waals surface area contributed by atoms with Gasteiger partial charge in [-0.3, -0.25) is 0 Å². The molecular weight excluding hydrogens is 160 g/mol. The third kappa shape index (κ3) is 1.62. The van der Waals surface area contributed by atoms with E-state index in [1.165, 1.54) is 32.1 Å². The second-order valence-electron chi connectivity index (χ2n) is 5.33. The van der Waals surface area contributed by atoms with Crippen molar-refractivity contribution in [3.8, 4) is 0 Å². The summed E-state index contributed by atoms with van der Waals surface area (Å²) in [6, 6.07) is 0. The Bertz CT molecular complexity index is 181. The predicted molar refractivity (Wildman–Crippen MR) is 55.2 cm³/mol. The molecule has 4 N–H and O–H groups in total. The average molecular weight is 182 g/mol. The van der Waals surface area contributed by atoms with E-state index >= 15 is 0 Å². The summed E-state index contributed by atoms with van der Waals surface area (Å²) in [5.41, 5.74) is 11.9. The highest BCUT2D eigenvalue weighted by Crippen LogP contribution is 2.47. The summed E-state index contributed by atoms with van der Waals surface area (Å²) in [6.07, 6.45) is 7.04. The Balaban J connectivity index is 2.08. The highest BCUT2D eigenvalue weighted by atomic mass is 14.8. The Morgan fingerprint density at radius 1 is 1.23 bits per heavy atom. The van der Waals surface area contributed by atoms with E-state index in [4.69, 9.17) is 11.5 Å². The van der Waals surface area contributed by atoms with Gasteiger partial charge in [0, 0.05) is 12.1 Å². The summed E-state index contributed by atoms with van der Waals surface area (Å²) >= 11 is 0. The second kappa shape index (κ2) is 3.25. The molecule has 0 amide bonds. The van der Waals surface area contributed by atoms with Gasteiger partial charge in [0.05, 0.1) is 0 Å². The molecule has 2 unspecified atom stereocenters. The van der Waals surface area contributed by atoms with E-state index in [2.05, 4.69) is 6.92 Å². The normalized spacial score (nSPS) is 43.2. The van der Waals surface area contributed by atoms with Crippen molar-refractivity contribution < 1.29 is 0 Å². The highest BCUT2D eigenvalue weighted by Gasteiger charge is 2.42. The first kappa shape index (κ1) is 9.47. The van der Waals surface area contributed by atoms with Crippen LogP contribution in [0.4, 0.5) is 0 Å². The zero-order valence-corrected chi connectivity index (χ0v) is 8.63. The lowest BCUT2D eigenvalue weighted by molar-refractivity contribution is 0.0509. The maximum atomic E-state index is 6.25. The minimum atomic E-state index is -0.107. The van der Waals surface area contributed by atoms with Crippen molar-refractivity contribution in [3.05, 3.63) is 0 Å². The van der Waals surface area contributed by atoms with Gasteiger partial charge in [-0.1, -0.05) is 12.8 Å². The number of hydrogen-bond donors (Lipinski definition) is 2. The van der Waals surface area contributed by atoms with Crippen LogP contribution in [-0.4, -0.2) is 12.1 Å². The van der Waals surface area contributed by atoms with Crippen LogP contribution in [0.25, 0.3) is 0 Å². The number of nitrogens with two attached hydrogens (primary N) is 2. The summed E-state index contributed by atoms with van der Waals surface area (Å²) in [5, 5.41) is 0. The Morgan fingerprint density at radius 2 is 1.85 bits per heavy atom. The summed E-state index contributed by atoms with van der Waals surface area (Å²) in [7, 11) is 0. The second-order valence-corrected chi connectivity index (χ2v) is 5.33. The zero-order chi connectivity index (χ0) is 9.47. The van der Waals surface area contributed by atoms with E-state index in [9.17, 15) is 0 Å². The van der Waals surface area contributed by atoms with E-state index in [1.807, 2.05) is 0 Å². The van der Waals surface area contributed by atoms with Crippen LogP contribution in [0.2, 0.25) is 0 Å². The van der Waals surface area contributed by atoms with Gasteiger partial charge < -0.3 is 11.5 Å². The van der Waals surface area contributed by atoms with Gasteiger partial charge in [0.15, 0.2) is 0 Å². The third-order valence-corrected chi connectivity index (χ3v) is 4.33. The highest BCUT2D eigenvalue weighted by molar-refractivity contribution is 4.98. The van der Waals surface area contributed by atoms with E-state index in [-0.39, 0.29) is 5.54 Å². The van der Waals surface area contributed by atoms with Crippen LogP contribution in [0, 0.1) is 17.8 Å². The van der Waals surface area contributed by atoms with E-state index < -0.39 is 0 Å². The lowest BCUT2D eigenvalue weighted by Crippen LogP contribution is -2.55.